The van der Waals surface area contributed by atoms with E-state index in [-0.39, 0.29) is 24.0 Å². The van der Waals surface area contributed by atoms with Gasteiger partial charge in [0.1, 0.15) is 11.4 Å². The van der Waals surface area contributed by atoms with Crippen molar-refractivity contribution in [1.82, 2.24) is 16.0 Å². The zero-order valence-electron chi connectivity index (χ0n) is 17.6. The molecule has 7 nitrogen and oxygen atoms in total. The minimum absolute atomic E-state index is 0. The summed E-state index contributed by atoms with van der Waals surface area (Å²) < 4.78 is 10.8. The summed E-state index contributed by atoms with van der Waals surface area (Å²) in [5.41, 5.74) is 0.644. The first-order valence-electron chi connectivity index (χ1n) is 9.47. The highest BCUT2D eigenvalue weighted by Crippen LogP contribution is 2.13. The predicted molar refractivity (Wildman–Crippen MR) is 125 cm³/mol. The van der Waals surface area contributed by atoms with E-state index in [9.17, 15) is 4.79 Å². The van der Waals surface area contributed by atoms with Crippen molar-refractivity contribution in [2.75, 3.05) is 26.7 Å². The van der Waals surface area contributed by atoms with E-state index < -0.39 is 11.7 Å². The van der Waals surface area contributed by atoms with Crippen LogP contribution >= 0.6 is 24.0 Å². The topological polar surface area (TPSA) is 84.0 Å². The lowest BCUT2D eigenvalue weighted by Crippen LogP contribution is -2.39. The van der Waals surface area contributed by atoms with Crippen molar-refractivity contribution in [1.29, 1.82) is 0 Å². The Kier molecular flexibility index (Phi) is 13.4. The molecule has 0 spiro atoms. The number of ether oxygens (including phenoxy) is 2. The van der Waals surface area contributed by atoms with Crippen LogP contribution < -0.4 is 20.7 Å². The second-order valence-electron chi connectivity index (χ2n) is 7.13. The Hall–Kier alpha value is -1.71. The molecule has 0 heterocycles. The van der Waals surface area contributed by atoms with Crippen molar-refractivity contribution in [2.24, 2.45) is 4.99 Å². The largest absolute Gasteiger partial charge is 0.494 e. The van der Waals surface area contributed by atoms with E-state index in [4.69, 9.17) is 9.47 Å². The van der Waals surface area contributed by atoms with Crippen LogP contribution in [0.4, 0.5) is 4.79 Å². The Morgan fingerprint density at radius 1 is 1.14 bits per heavy atom. The van der Waals surface area contributed by atoms with Gasteiger partial charge in [-0.15, -0.1) is 24.0 Å². The first-order valence-corrected chi connectivity index (χ1v) is 9.47. The molecular formula is C20H35IN4O3. The molecule has 0 radical (unpaired) electrons. The number of carbonyl (C=O) groups excluding carboxylic acids is 1. The van der Waals surface area contributed by atoms with Crippen molar-refractivity contribution in [3.8, 4) is 5.75 Å². The third kappa shape index (κ3) is 12.6. The van der Waals surface area contributed by atoms with E-state index in [0.29, 0.717) is 25.6 Å². The van der Waals surface area contributed by atoms with Crippen LogP contribution in [0.15, 0.2) is 29.3 Å². The number of guanidine groups is 1. The van der Waals surface area contributed by atoms with E-state index in [2.05, 4.69) is 27.9 Å². The van der Waals surface area contributed by atoms with Crippen LogP contribution in [0.5, 0.6) is 5.75 Å². The van der Waals surface area contributed by atoms with Crippen molar-refractivity contribution in [2.45, 2.75) is 52.7 Å². The van der Waals surface area contributed by atoms with Crippen LogP contribution in [0.1, 0.15) is 46.1 Å². The molecule has 0 saturated carbocycles. The number of nitrogens with zero attached hydrogens (tertiary/aromatic N) is 1. The van der Waals surface area contributed by atoms with E-state index in [0.717, 1.165) is 30.8 Å². The third-order valence-corrected chi connectivity index (χ3v) is 3.37. The van der Waals surface area contributed by atoms with Gasteiger partial charge in [-0.05, 0) is 51.3 Å². The van der Waals surface area contributed by atoms with E-state index in [1.165, 1.54) is 0 Å². The number of hydrogen-bond donors (Lipinski definition) is 3. The Bertz CT molecular complexity index is 603. The summed E-state index contributed by atoms with van der Waals surface area (Å²) >= 11 is 0. The highest BCUT2D eigenvalue weighted by Gasteiger charge is 2.15. The average molecular weight is 506 g/mol. The second-order valence-corrected chi connectivity index (χ2v) is 7.13. The molecule has 0 aliphatic heterocycles. The van der Waals surface area contributed by atoms with Gasteiger partial charge in [-0.1, -0.05) is 19.1 Å². The lowest BCUT2D eigenvalue weighted by molar-refractivity contribution is 0.0527. The fourth-order valence-electron chi connectivity index (χ4n) is 2.17. The maximum absolute atomic E-state index is 11.6. The average Bonchev–Trinajstić information content (AvgIpc) is 2.61. The van der Waals surface area contributed by atoms with Gasteiger partial charge < -0.3 is 25.4 Å². The molecule has 0 bridgehead atoms. The maximum Gasteiger partial charge on any atom is 0.407 e. The molecular weight excluding hydrogens is 471 g/mol. The lowest BCUT2D eigenvalue weighted by Gasteiger charge is -2.19. The van der Waals surface area contributed by atoms with Gasteiger partial charge in [-0.3, -0.25) is 4.99 Å². The van der Waals surface area contributed by atoms with Gasteiger partial charge in [0.05, 0.1) is 6.61 Å². The molecule has 0 fully saturated rings. The summed E-state index contributed by atoms with van der Waals surface area (Å²) in [5, 5.41) is 9.23. The number of rotatable bonds is 9. The first kappa shape index (κ1) is 26.3. The molecule has 1 aromatic carbocycles. The van der Waals surface area contributed by atoms with Gasteiger partial charge in [-0.2, -0.15) is 0 Å². The van der Waals surface area contributed by atoms with Crippen LogP contribution in [-0.2, 0) is 11.3 Å². The summed E-state index contributed by atoms with van der Waals surface area (Å²) in [4.78, 5) is 15.8. The molecule has 0 unspecified atom stereocenters. The molecule has 8 heteroatoms. The summed E-state index contributed by atoms with van der Waals surface area (Å²) in [5.74, 6) is 1.60. The van der Waals surface area contributed by atoms with Crippen molar-refractivity contribution in [3.63, 3.8) is 0 Å². The zero-order valence-corrected chi connectivity index (χ0v) is 20.0. The monoisotopic (exact) mass is 506 g/mol. The third-order valence-electron chi connectivity index (χ3n) is 3.37. The summed E-state index contributed by atoms with van der Waals surface area (Å²) in [7, 11) is 1.73. The molecule has 1 rings (SSSR count). The van der Waals surface area contributed by atoms with Crippen LogP contribution in [-0.4, -0.2) is 44.4 Å². The van der Waals surface area contributed by atoms with Crippen LogP contribution in [0.3, 0.4) is 0 Å². The summed E-state index contributed by atoms with van der Waals surface area (Å²) in [6.45, 7) is 10.2. The molecule has 0 aliphatic rings. The predicted octanol–water partition coefficient (Wildman–Crippen LogP) is 3.67. The lowest BCUT2D eigenvalue weighted by atomic mass is 10.2. The van der Waals surface area contributed by atoms with Crippen molar-refractivity contribution < 1.29 is 14.3 Å². The van der Waals surface area contributed by atoms with E-state index in [1.807, 2.05) is 45.0 Å². The van der Waals surface area contributed by atoms with Gasteiger partial charge in [0.25, 0.3) is 0 Å². The number of hydrogen-bond acceptors (Lipinski definition) is 4. The molecule has 0 atom stereocenters. The zero-order chi connectivity index (χ0) is 20.1. The molecule has 1 amide bonds. The van der Waals surface area contributed by atoms with Gasteiger partial charge in [0.15, 0.2) is 5.96 Å². The van der Waals surface area contributed by atoms with Gasteiger partial charge in [-0.25, -0.2) is 4.79 Å². The Morgan fingerprint density at radius 2 is 1.86 bits per heavy atom. The first-order chi connectivity index (χ1) is 12.8. The minimum Gasteiger partial charge on any atom is -0.494 e. The van der Waals surface area contributed by atoms with Gasteiger partial charge >= 0.3 is 6.09 Å². The maximum atomic E-state index is 11.6. The molecule has 0 aliphatic carbocycles. The fourth-order valence-corrected chi connectivity index (χ4v) is 2.17. The van der Waals surface area contributed by atoms with Crippen LogP contribution in [0.25, 0.3) is 0 Å². The highest BCUT2D eigenvalue weighted by atomic mass is 127. The number of halogens is 1. The fraction of sp³-hybridized carbons (Fsp3) is 0.600. The quantitative estimate of drug-likeness (QED) is 0.206. The number of benzene rings is 1. The highest BCUT2D eigenvalue weighted by molar-refractivity contribution is 14.0. The van der Waals surface area contributed by atoms with Gasteiger partial charge in [0.2, 0.25) is 0 Å². The molecule has 1 aromatic rings. The Labute approximate surface area is 186 Å². The minimum atomic E-state index is -0.479. The van der Waals surface area contributed by atoms with Crippen molar-refractivity contribution >= 4 is 36.0 Å². The summed E-state index contributed by atoms with van der Waals surface area (Å²) in [6.07, 6.45) is 1.36. The van der Waals surface area contributed by atoms with Crippen LogP contribution in [0, 0.1) is 0 Å². The van der Waals surface area contributed by atoms with Crippen molar-refractivity contribution in [3.05, 3.63) is 29.8 Å². The number of carbonyl (C=O) groups is 1. The smallest absolute Gasteiger partial charge is 0.407 e. The normalized spacial score (nSPS) is 11.2. The number of nitrogens with one attached hydrogen (secondary N) is 3. The molecule has 160 valence electrons. The number of amides is 1. The van der Waals surface area contributed by atoms with Gasteiger partial charge in [0, 0.05) is 26.7 Å². The molecule has 28 heavy (non-hydrogen) atoms. The summed E-state index contributed by atoms with van der Waals surface area (Å²) in [6, 6.07) is 8.02. The standard InChI is InChI=1S/C20H34N4O3.HI/c1-6-13-26-17-10-7-9-16(14-17)15-24-18(21-5)22-11-8-12-23-19(25)27-20(2,3)4;/h7,9-10,14H,6,8,11-13,15H2,1-5H3,(H,23,25)(H2,21,22,24);1H. The second kappa shape index (κ2) is 14.3. The Balaban J connectivity index is 0.00000729. The van der Waals surface area contributed by atoms with Crippen LogP contribution in [0.2, 0.25) is 0 Å². The SMILES string of the molecule is CCCOc1cccc(CNC(=NC)NCCCNC(=O)OC(C)(C)C)c1.I. The van der Waals surface area contributed by atoms with E-state index in [1.54, 1.807) is 7.05 Å². The number of aliphatic imine (C=N–C) groups is 1. The molecule has 0 aromatic heterocycles. The van der Waals surface area contributed by atoms with E-state index >= 15 is 0 Å². The molecule has 0 saturated heterocycles. The Morgan fingerprint density at radius 3 is 2.50 bits per heavy atom. The molecule has 3 N–H and O–H groups in total. The number of alkyl carbamates (subject to hydrolysis) is 1.